The van der Waals surface area contributed by atoms with Gasteiger partial charge in [-0.15, -0.1) is 0 Å². The van der Waals surface area contributed by atoms with Crippen molar-refractivity contribution in [3.63, 3.8) is 0 Å². The second-order valence-corrected chi connectivity index (χ2v) is 6.30. The van der Waals surface area contributed by atoms with E-state index in [4.69, 9.17) is 0 Å². The predicted molar refractivity (Wildman–Crippen MR) is 88.7 cm³/mol. The minimum atomic E-state index is -0.985. The van der Waals surface area contributed by atoms with Gasteiger partial charge in [-0.25, -0.2) is 4.98 Å². The van der Waals surface area contributed by atoms with Crippen molar-refractivity contribution in [2.45, 2.75) is 25.4 Å². The van der Waals surface area contributed by atoms with Gasteiger partial charge in [-0.05, 0) is 19.8 Å². The summed E-state index contributed by atoms with van der Waals surface area (Å²) in [5.41, 5.74) is 0.219. The highest BCUT2D eigenvalue weighted by Crippen LogP contribution is 2.24. The zero-order valence-electron chi connectivity index (χ0n) is 13.9. The predicted octanol–water partition coefficient (Wildman–Crippen LogP) is 0.280. The maximum atomic E-state index is 12.3. The van der Waals surface area contributed by atoms with E-state index in [1.54, 1.807) is 43.4 Å². The van der Waals surface area contributed by atoms with Crippen molar-refractivity contribution in [1.82, 2.24) is 25.1 Å². The fraction of sp³-hybridized carbons (Fsp3) is 0.500. The number of anilines is 1. The van der Waals surface area contributed by atoms with E-state index < -0.39 is 5.60 Å². The highest BCUT2D eigenvalue weighted by molar-refractivity contribution is 5.95. The number of amides is 1. The van der Waals surface area contributed by atoms with Gasteiger partial charge in [0.15, 0.2) is 0 Å². The molecule has 0 spiro atoms. The molecule has 0 radical (unpaired) electrons. The van der Waals surface area contributed by atoms with Crippen LogP contribution < -0.4 is 10.2 Å². The summed E-state index contributed by atoms with van der Waals surface area (Å²) in [5, 5.41) is 17.8. The van der Waals surface area contributed by atoms with E-state index in [1.807, 2.05) is 4.90 Å². The molecule has 0 aromatic carbocycles. The molecule has 1 saturated heterocycles. The third-order valence-corrected chi connectivity index (χ3v) is 4.26. The molecule has 8 heteroatoms. The summed E-state index contributed by atoms with van der Waals surface area (Å²) in [5.74, 6) is 0.524. The van der Waals surface area contributed by atoms with Crippen LogP contribution in [-0.4, -0.2) is 56.0 Å². The van der Waals surface area contributed by atoms with Crippen LogP contribution in [0.25, 0.3) is 0 Å². The first-order valence-corrected chi connectivity index (χ1v) is 7.99. The van der Waals surface area contributed by atoms with Crippen molar-refractivity contribution in [3.05, 3.63) is 36.0 Å². The number of nitrogens with zero attached hydrogens (tertiary/aromatic N) is 5. The molecule has 1 fully saturated rings. The fourth-order valence-corrected chi connectivity index (χ4v) is 3.07. The molecule has 2 N–H and O–H groups in total. The number of β-amino-alcohol motifs (C(OH)–C–C–N with tert-alkyl or cyclic N) is 1. The molecule has 24 heavy (non-hydrogen) atoms. The maximum Gasteiger partial charge on any atom is 0.254 e. The van der Waals surface area contributed by atoms with Crippen molar-refractivity contribution in [3.8, 4) is 0 Å². The van der Waals surface area contributed by atoms with Crippen molar-refractivity contribution in [2.75, 3.05) is 24.5 Å². The Labute approximate surface area is 140 Å². The largest absolute Gasteiger partial charge is 0.386 e. The molecular formula is C16H22N6O2. The molecule has 2 aromatic rings. The molecule has 1 atom stereocenters. The minimum absolute atomic E-state index is 0.191. The molecule has 3 heterocycles. The van der Waals surface area contributed by atoms with Crippen LogP contribution in [0.15, 0.2) is 24.8 Å². The summed E-state index contributed by atoms with van der Waals surface area (Å²) in [6.45, 7) is 3.21. The Morgan fingerprint density at radius 1 is 1.46 bits per heavy atom. The summed E-state index contributed by atoms with van der Waals surface area (Å²) in [6.07, 6.45) is 8.09. The minimum Gasteiger partial charge on any atom is -0.386 e. The quantitative estimate of drug-likeness (QED) is 0.836. The highest BCUT2D eigenvalue weighted by atomic mass is 16.3. The van der Waals surface area contributed by atoms with Crippen LogP contribution in [-0.2, 0) is 7.05 Å². The van der Waals surface area contributed by atoms with Crippen LogP contribution in [0.3, 0.4) is 0 Å². The number of hydrogen-bond donors (Lipinski definition) is 2. The summed E-state index contributed by atoms with van der Waals surface area (Å²) >= 11 is 0. The number of aryl methyl sites for hydroxylation is 2. The van der Waals surface area contributed by atoms with Crippen LogP contribution in [0.4, 0.5) is 5.82 Å². The van der Waals surface area contributed by atoms with Crippen LogP contribution in [0.2, 0.25) is 0 Å². The zero-order chi connectivity index (χ0) is 17.2. The van der Waals surface area contributed by atoms with Gasteiger partial charge in [-0.3, -0.25) is 14.5 Å². The molecule has 1 aliphatic rings. The maximum absolute atomic E-state index is 12.3. The zero-order valence-corrected chi connectivity index (χ0v) is 13.9. The van der Waals surface area contributed by atoms with Gasteiger partial charge in [0.2, 0.25) is 0 Å². The fourth-order valence-electron chi connectivity index (χ4n) is 3.07. The Morgan fingerprint density at radius 3 is 2.96 bits per heavy atom. The molecule has 0 bridgehead atoms. The second kappa shape index (κ2) is 6.56. The lowest BCUT2D eigenvalue weighted by atomic mass is 9.92. The third kappa shape index (κ3) is 3.53. The van der Waals surface area contributed by atoms with E-state index in [-0.39, 0.29) is 12.5 Å². The lowest BCUT2D eigenvalue weighted by Gasteiger charge is -2.39. The van der Waals surface area contributed by atoms with Gasteiger partial charge in [0, 0.05) is 45.3 Å². The summed E-state index contributed by atoms with van der Waals surface area (Å²) < 4.78 is 1.61. The van der Waals surface area contributed by atoms with Crippen molar-refractivity contribution in [2.24, 2.45) is 7.05 Å². The molecule has 0 saturated carbocycles. The number of hydrogen-bond acceptors (Lipinski definition) is 6. The molecule has 8 nitrogen and oxygen atoms in total. The number of nitrogens with one attached hydrogen (secondary N) is 1. The molecule has 0 aliphatic carbocycles. The van der Waals surface area contributed by atoms with Crippen LogP contribution in [0.1, 0.15) is 28.9 Å². The van der Waals surface area contributed by atoms with E-state index in [2.05, 4.69) is 20.4 Å². The molecule has 2 aromatic heterocycles. The smallest absolute Gasteiger partial charge is 0.254 e. The van der Waals surface area contributed by atoms with Crippen LogP contribution in [0.5, 0.6) is 0 Å². The third-order valence-electron chi connectivity index (χ3n) is 4.26. The van der Waals surface area contributed by atoms with E-state index >= 15 is 0 Å². The van der Waals surface area contributed by atoms with Gasteiger partial charge in [0.25, 0.3) is 5.91 Å². The number of carbonyl (C=O) groups excluding carboxylic acids is 1. The monoisotopic (exact) mass is 330 g/mol. The molecule has 1 aliphatic heterocycles. The van der Waals surface area contributed by atoms with Crippen LogP contribution >= 0.6 is 0 Å². The summed E-state index contributed by atoms with van der Waals surface area (Å²) in [4.78, 5) is 22.6. The van der Waals surface area contributed by atoms with Gasteiger partial charge in [-0.2, -0.15) is 5.10 Å². The Bertz CT molecular complexity index is 717. The standard InChI is InChI=1S/C16H22N6O2/c1-12-13(9-21(2)20-12)15(23)19-10-16(24)4-3-7-22(11-16)14-8-17-5-6-18-14/h5-6,8-9,24H,3-4,7,10-11H2,1-2H3,(H,19,23)/t16-/m1/s1. The van der Waals surface area contributed by atoms with Crippen molar-refractivity contribution in [1.29, 1.82) is 0 Å². The summed E-state index contributed by atoms with van der Waals surface area (Å²) in [7, 11) is 1.78. The topological polar surface area (TPSA) is 96.2 Å². The average Bonchev–Trinajstić information content (AvgIpc) is 2.92. The first-order valence-electron chi connectivity index (χ1n) is 7.99. The van der Waals surface area contributed by atoms with E-state index in [1.165, 1.54) is 0 Å². The Hall–Kier alpha value is -2.48. The van der Waals surface area contributed by atoms with E-state index in [9.17, 15) is 9.90 Å². The number of carbonyl (C=O) groups is 1. The normalized spacial score (nSPS) is 20.9. The van der Waals surface area contributed by atoms with Crippen LogP contribution in [0, 0.1) is 6.92 Å². The number of rotatable bonds is 4. The van der Waals surface area contributed by atoms with Gasteiger partial charge >= 0.3 is 0 Å². The highest BCUT2D eigenvalue weighted by Gasteiger charge is 2.34. The Kier molecular flexibility index (Phi) is 4.48. The number of aromatic nitrogens is 4. The Morgan fingerprint density at radius 2 is 2.29 bits per heavy atom. The lowest BCUT2D eigenvalue weighted by molar-refractivity contribution is 0.0254. The summed E-state index contributed by atoms with van der Waals surface area (Å²) in [6, 6.07) is 0. The molecular weight excluding hydrogens is 308 g/mol. The van der Waals surface area contributed by atoms with Crippen molar-refractivity contribution >= 4 is 11.7 Å². The molecule has 0 unspecified atom stereocenters. The van der Waals surface area contributed by atoms with Crippen molar-refractivity contribution < 1.29 is 9.90 Å². The molecule has 128 valence electrons. The Balaban J connectivity index is 1.63. The van der Waals surface area contributed by atoms with Gasteiger partial charge in [-0.1, -0.05) is 0 Å². The first kappa shape index (κ1) is 16.4. The first-order chi connectivity index (χ1) is 11.5. The van der Waals surface area contributed by atoms with E-state index in [0.717, 1.165) is 18.8 Å². The SMILES string of the molecule is Cc1nn(C)cc1C(=O)NC[C@]1(O)CCCN(c2cnccn2)C1. The second-order valence-electron chi connectivity index (χ2n) is 6.30. The number of aliphatic hydroxyl groups is 1. The van der Waals surface area contributed by atoms with Gasteiger partial charge in [0.05, 0.1) is 23.1 Å². The number of piperidine rings is 1. The van der Waals surface area contributed by atoms with Gasteiger partial charge in [0.1, 0.15) is 5.82 Å². The molecule has 3 rings (SSSR count). The van der Waals surface area contributed by atoms with Gasteiger partial charge < -0.3 is 15.3 Å². The lowest BCUT2D eigenvalue weighted by Crippen LogP contribution is -2.54. The molecule has 1 amide bonds. The van der Waals surface area contributed by atoms with E-state index in [0.29, 0.717) is 24.2 Å². The average molecular weight is 330 g/mol.